The summed E-state index contributed by atoms with van der Waals surface area (Å²) in [5.41, 5.74) is 1.14. The van der Waals surface area contributed by atoms with Crippen molar-refractivity contribution in [3.8, 4) is 5.75 Å². The van der Waals surface area contributed by atoms with E-state index in [0.717, 1.165) is 69.7 Å². The summed E-state index contributed by atoms with van der Waals surface area (Å²) in [6, 6.07) is 8.20. The van der Waals surface area contributed by atoms with Crippen molar-refractivity contribution in [2.45, 2.75) is 19.9 Å². The Morgan fingerprint density at radius 3 is 2.83 bits per heavy atom. The van der Waals surface area contributed by atoms with Crippen LogP contribution < -0.4 is 10.1 Å². The van der Waals surface area contributed by atoms with Crippen molar-refractivity contribution in [1.29, 1.82) is 0 Å². The summed E-state index contributed by atoms with van der Waals surface area (Å²) in [5.74, 6) is 2.41. The molecule has 1 fully saturated rings. The lowest BCUT2D eigenvalue weighted by Gasteiger charge is -2.24. The van der Waals surface area contributed by atoms with E-state index in [9.17, 15) is 0 Å². The first-order chi connectivity index (χ1) is 14.1. The molecule has 164 valence electrons. The first-order valence-electron chi connectivity index (χ1n) is 10.6. The molecule has 0 spiro atoms. The zero-order chi connectivity index (χ0) is 20.9. The van der Waals surface area contributed by atoms with Crippen LogP contribution in [0.3, 0.4) is 0 Å². The highest BCUT2D eigenvalue weighted by atomic mass is 16.5. The van der Waals surface area contributed by atoms with E-state index in [-0.39, 0.29) is 0 Å². The molecule has 0 aromatic heterocycles. The Morgan fingerprint density at radius 2 is 2.10 bits per heavy atom. The minimum Gasteiger partial charge on any atom is -0.492 e. The Morgan fingerprint density at radius 1 is 1.28 bits per heavy atom. The maximum absolute atomic E-state index is 5.92. The van der Waals surface area contributed by atoms with Crippen LogP contribution in [-0.2, 0) is 16.0 Å². The lowest BCUT2D eigenvalue weighted by atomic mass is 10.1. The highest BCUT2D eigenvalue weighted by Crippen LogP contribution is 2.15. The van der Waals surface area contributed by atoms with E-state index in [1.54, 1.807) is 7.11 Å². The minimum atomic E-state index is 0.586. The van der Waals surface area contributed by atoms with Crippen molar-refractivity contribution in [2.75, 3.05) is 73.8 Å². The number of hydrogen-bond donors (Lipinski definition) is 1. The van der Waals surface area contributed by atoms with Gasteiger partial charge < -0.3 is 29.3 Å². The molecule has 1 aliphatic rings. The number of nitrogens with one attached hydrogen (secondary N) is 1. The Labute approximate surface area is 176 Å². The van der Waals surface area contributed by atoms with E-state index in [0.29, 0.717) is 19.1 Å². The molecule has 0 bridgehead atoms. The van der Waals surface area contributed by atoms with E-state index in [1.807, 2.05) is 12.1 Å². The second-order valence-electron chi connectivity index (χ2n) is 7.57. The molecule has 1 aromatic rings. The van der Waals surface area contributed by atoms with Crippen LogP contribution in [0.5, 0.6) is 5.75 Å². The lowest BCUT2D eigenvalue weighted by molar-refractivity contribution is 0.150. The first-order valence-corrected chi connectivity index (χ1v) is 10.6. The van der Waals surface area contributed by atoms with Gasteiger partial charge in [-0.3, -0.25) is 0 Å². The summed E-state index contributed by atoms with van der Waals surface area (Å²) in [6.07, 6.45) is 1.13. The third-order valence-corrected chi connectivity index (χ3v) is 4.98. The largest absolute Gasteiger partial charge is 0.492 e. The molecule has 0 aliphatic carbocycles. The topological polar surface area (TPSA) is 58.6 Å². The summed E-state index contributed by atoms with van der Waals surface area (Å²) >= 11 is 0. The van der Waals surface area contributed by atoms with Gasteiger partial charge in [0.05, 0.1) is 19.8 Å². The van der Waals surface area contributed by atoms with Crippen molar-refractivity contribution in [3.05, 3.63) is 29.8 Å². The molecular weight excluding hydrogens is 368 g/mol. The standard InChI is InChI=1S/C22H38N4O3/c1-5-23-22(26(3)17-20-9-12-28-18-20)24-16-19-7-6-8-21(15-19)29-14-11-25(2)10-13-27-4/h6-8,15,20H,5,9-14,16-18H2,1-4H3,(H,23,24). The SMILES string of the molecule is CCNC(=NCc1cccc(OCCN(C)CCOC)c1)N(C)CC1CCOC1. The van der Waals surface area contributed by atoms with Gasteiger partial charge in [0, 0.05) is 52.9 Å². The van der Waals surface area contributed by atoms with Crippen LogP contribution in [0.4, 0.5) is 0 Å². The van der Waals surface area contributed by atoms with Crippen molar-refractivity contribution in [2.24, 2.45) is 10.9 Å². The highest BCUT2D eigenvalue weighted by Gasteiger charge is 2.19. The molecule has 0 saturated carbocycles. The summed E-state index contributed by atoms with van der Waals surface area (Å²) in [5, 5.41) is 3.39. The molecule has 1 saturated heterocycles. The number of methoxy groups -OCH3 is 1. The fraction of sp³-hybridized carbons (Fsp3) is 0.682. The van der Waals surface area contributed by atoms with E-state index in [4.69, 9.17) is 19.2 Å². The monoisotopic (exact) mass is 406 g/mol. The zero-order valence-electron chi connectivity index (χ0n) is 18.5. The number of rotatable bonds is 12. The Balaban J connectivity index is 1.85. The van der Waals surface area contributed by atoms with Gasteiger partial charge in [0.2, 0.25) is 0 Å². The van der Waals surface area contributed by atoms with Crippen LogP contribution >= 0.6 is 0 Å². The molecule has 1 atom stereocenters. The van der Waals surface area contributed by atoms with Crippen LogP contribution in [0, 0.1) is 5.92 Å². The molecule has 1 N–H and O–H groups in total. The smallest absolute Gasteiger partial charge is 0.193 e. The molecule has 7 heteroatoms. The van der Waals surface area contributed by atoms with E-state index in [1.165, 1.54) is 0 Å². The van der Waals surface area contributed by atoms with Crippen LogP contribution in [0.15, 0.2) is 29.3 Å². The molecule has 2 rings (SSSR count). The molecule has 7 nitrogen and oxygen atoms in total. The normalized spacial score (nSPS) is 17.0. The van der Waals surface area contributed by atoms with Crippen LogP contribution in [-0.4, -0.2) is 89.6 Å². The van der Waals surface area contributed by atoms with Crippen molar-refractivity contribution in [1.82, 2.24) is 15.1 Å². The van der Waals surface area contributed by atoms with E-state index < -0.39 is 0 Å². The van der Waals surface area contributed by atoms with Crippen LogP contribution in [0.1, 0.15) is 18.9 Å². The third kappa shape index (κ3) is 9.02. The zero-order valence-corrected chi connectivity index (χ0v) is 18.5. The number of benzene rings is 1. The van der Waals surface area contributed by atoms with E-state index >= 15 is 0 Å². The molecular formula is C22H38N4O3. The number of aliphatic imine (C=N–C) groups is 1. The Hall–Kier alpha value is -1.83. The molecule has 1 unspecified atom stereocenters. The van der Waals surface area contributed by atoms with Gasteiger partial charge in [-0.15, -0.1) is 0 Å². The molecule has 0 amide bonds. The van der Waals surface area contributed by atoms with Gasteiger partial charge in [0.25, 0.3) is 0 Å². The lowest BCUT2D eigenvalue weighted by Crippen LogP contribution is -2.41. The molecule has 1 heterocycles. The second-order valence-corrected chi connectivity index (χ2v) is 7.57. The Kier molecular flexibility index (Phi) is 10.8. The fourth-order valence-electron chi connectivity index (χ4n) is 3.25. The third-order valence-electron chi connectivity index (χ3n) is 4.98. The number of hydrogen-bond acceptors (Lipinski definition) is 5. The van der Waals surface area contributed by atoms with Crippen molar-refractivity contribution in [3.63, 3.8) is 0 Å². The molecule has 1 aromatic carbocycles. The van der Waals surface area contributed by atoms with Crippen LogP contribution in [0.25, 0.3) is 0 Å². The average molecular weight is 407 g/mol. The van der Waals surface area contributed by atoms with Crippen molar-refractivity contribution < 1.29 is 14.2 Å². The van der Waals surface area contributed by atoms with Crippen LogP contribution in [0.2, 0.25) is 0 Å². The maximum Gasteiger partial charge on any atom is 0.193 e. The quantitative estimate of drug-likeness (QED) is 0.424. The predicted molar refractivity (Wildman–Crippen MR) is 118 cm³/mol. The highest BCUT2D eigenvalue weighted by molar-refractivity contribution is 5.79. The number of likely N-dealkylation sites (N-methyl/N-ethyl adjacent to an activating group) is 1. The van der Waals surface area contributed by atoms with Gasteiger partial charge in [-0.05, 0) is 38.1 Å². The summed E-state index contributed by atoms with van der Waals surface area (Å²) < 4.78 is 16.5. The fourth-order valence-corrected chi connectivity index (χ4v) is 3.25. The van der Waals surface area contributed by atoms with Gasteiger partial charge in [-0.2, -0.15) is 0 Å². The van der Waals surface area contributed by atoms with E-state index in [2.05, 4.69) is 48.3 Å². The maximum atomic E-state index is 5.92. The number of guanidine groups is 1. The van der Waals surface area contributed by atoms with Gasteiger partial charge in [-0.25, -0.2) is 4.99 Å². The predicted octanol–water partition coefficient (Wildman–Crippen LogP) is 2.08. The summed E-state index contributed by atoms with van der Waals surface area (Å²) in [4.78, 5) is 9.23. The molecule has 1 aliphatic heterocycles. The number of ether oxygens (including phenoxy) is 3. The Bertz CT molecular complexity index is 605. The average Bonchev–Trinajstić information content (AvgIpc) is 3.23. The first kappa shape index (κ1) is 23.4. The van der Waals surface area contributed by atoms with Gasteiger partial charge in [0.15, 0.2) is 5.96 Å². The molecule has 0 radical (unpaired) electrons. The number of nitrogens with zero attached hydrogens (tertiary/aromatic N) is 3. The second kappa shape index (κ2) is 13.4. The van der Waals surface area contributed by atoms with Gasteiger partial charge in [0.1, 0.15) is 12.4 Å². The van der Waals surface area contributed by atoms with Crippen molar-refractivity contribution >= 4 is 5.96 Å². The summed E-state index contributed by atoms with van der Waals surface area (Å²) in [6.45, 7) is 9.43. The van der Waals surface area contributed by atoms with Gasteiger partial charge in [-0.1, -0.05) is 12.1 Å². The summed E-state index contributed by atoms with van der Waals surface area (Å²) in [7, 11) is 5.89. The molecule has 29 heavy (non-hydrogen) atoms. The minimum absolute atomic E-state index is 0.586. The van der Waals surface area contributed by atoms with Gasteiger partial charge >= 0.3 is 0 Å².